The van der Waals surface area contributed by atoms with Crippen molar-refractivity contribution in [1.29, 1.82) is 0 Å². The van der Waals surface area contributed by atoms with Crippen molar-refractivity contribution in [2.45, 2.75) is 62.9 Å². The highest BCUT2D eigenvalue weighted by atomic mass is 16.5. The molecule has 4 aliphatic rings. The van der Waals surface area contributed by atoms with Crippen LogP contribution in [0.2, 0.25) is 0 Å². The zero-order chi connectivity index (χ0) is 23.0. The first kappa shape index (κ1) is 21.6. The van der Waals surface area contributed by atoms with Crippen molar-refractivity contribution in [3.63, 3.8) is 0 Å². The van der Waals surface area contributed by atoms with Crippen LogP contribution >= 0.6 is 0 Å². The first-order valence-corrected chi connectivity index (χ1v) is 12.7. The van der Waals surface area contributed by atoms with Gasteiger partial charge in [-0.15, -0.1) is 0 Å². The molecule has 2 N–H and O–H groups in total. The molecule has 1 spiro atoms. The predicted molar refractivity (Wildman–Crippen MR) is 130 cm³/mol. The Hall–Kier alpha value is -2.94. The summed E-state index contributed by atoms with van der Waals surface area (Å²) in [7, 11) is 0. The van der Waals surface area contributed by atoms with Crippen LogP contribution in [0.1, 0.15) is 50.5 Å². The van der Waals surface area contributed by atoms with E-state index < -0.39 is 5.54 Å². The van der Waals surface area contributed by atoms with Gasteiger partial charge in [-0.1, -0.05) is 12.8 Å². The SMILES string of the molecule is O=C1NCC[C@@]12Cc1cnc(Nc3ccc(OCCN4CCCC4)nc3)nc1N2C1CCCC1. The Bertz CT molecular complexity index is 1030. The standard InChI is InChI=1S/C25H33N7O2/c33-23-25(9-10-26-23)15-18-16-28-24(30-22(18)32(25)20-5-1-2-6-20)29-19-7-8-21(27-17-19)34-14-13-31-11-3-4-12-31/h7-8,16-17,20H,1-6,9-15H2,(H,26,33)(H,28,29,30)/t25-/m1/s1. The van der Waals surface area contributed by atoms with Crippen LogP contribution in [-0.4, -0.2) is 70.1 Å². The van der Waals surface area contributed by atoms with Gasteiger partial charge in [-0.05, 0) is 51.3 Å². The molecular formula is C25H33N7O2. The van der Waals surface area contributed by atoms with E-state index in [1.807, 2.05) is 18.3 Å². The second kappa shape index (κ2) is 9.02. The predicted octanol–water partition coefficient (Wildman–Crippen LogP) is 2.65. The first-order chi connectivity index (χ1) is 16.7. The Morgan fingerprint density at radius 3 is 2.71 bits per heavy atom. The van der Waals surface area contributed by atoms with E-state index >= 15 is 0 Å². The van der Waals surface area contributed by atoms with Gasteiger partial charge in [0.15, 0.2) is 0 Å². The summed E-state index contributed by atoms with van der Waals surface area (Å²) in [6.45, 7) is 4.67. The van der Waals surface area contributed by atoms with Crippen LogP contribution in [0.25, 0.3) is 0 Å². The number of fused-ring (bicyclic) bond motifs is 1. The number of nitrogens with zero attached hydrogens (tertiary/aromatic N) is 5. The summed E-state index contributed by atoms with van der Waals surface area (Å²) in [5.74, 6) is 2.20. The summed E-state index contributed by atoms with van der Waals surface area (Å²) in [6.07, 6.45) is 12.4. The van der Waals surface area contributed by atoms with E-state index in [4.69, 9.17) is 9.72 Å². The van der Waals surface area contributed by atoms with E-state index in [1.54, 1.807) is 6.20 Å². The Morgan fingerprint density at radius 2 is 1.97 bits per heavy atom. The highest BCUT2D eigenvalue weighted by Crippen LogP contribution is 2.46. The van der Waals surface area contributed by atoms with E-state index in [0.717, 1.165) is 49.4 Å². The minimum Gasteiger partial charge on any atom is -0.476 e. The van der Waals surface area contributed by atoms with Gasteiger partial charge in [0.1, 0.15) is 18.0 Å². The molecule has 0 unspecified atom stereocenters. The smallest absolute Gasteiger partial charge is 0.246 e. The lowest BCUT2D eigenvalue weighted by molar-refractivity contribution is -0.123. The van der Waals surface area contributed by atoms with E-state index in [2.05, 4.69) is 30.4 Å². The Kier molecular flexibility index (Phi) is 5.72. The molecule has 3 fully saturated rings. The topological polar surface area (TPSA) is 95.5 Å². The molecule has 0 bridgehead atoms. The largest absolute Gasteiger partial charge is 0.476 e. The molecule has 34 heavy (non-hydrogen) atoms. The lowest BCUT2D eigenvalue weighted by atomic mass is 9.91. The van der Waals surface area contributed by atoms with Gasteiger partial charge in [0.25, 0.3) is 0 Å². The molecule has 5 heterocycles. The van der Waals surface area contributed by atoms with Crippen molar-refractivity contribution in [3.05, 3.63) is 30.1 Å². The highest BCUT2D eigenvalue weighted by Gasteiger charge is 2.55. The Balaban J connectivity index is 1.15. The van der Waals surface area contributed by atoms with E-state index in [0.29, 0.717) is 30.9 Å². The molecule has 2 saturated heterocycles. The summed E-state index contributed by atoms with van der Waals surface area (Å²) in [4.78, 5) is 31.6. The van der Waals surface area contributed by atoms with Gasteiger partial charge in [0, 0.05) is 43.4 Å². The molecule has 2 aromatic rings. The van der Waals surface area contributed by atoms with Crippen molar-refractivity contribution in [2.24, 2.45) is 0 Å². The average molecular weight is 464 g/mol. The minimum absolute atomic E-state index is 0.136. The molecule has 0 radical (unpaired) electrons. The Labute approximate surface area is 200 Å². The fraction of sp³-hybridized carbons (Fsp3) is 0.600. The minimum atomic E-state index is -0.500. The average Bonchev–Trinajstić information content (AvgIpc) is 3.64. The molecule has 9 nitrogen and oxygen atoms in total. The maximum Gasteiger partial charge on any atom is 0.246 e. The van der Waals surface area contributed by atoms with Crippen molar-refractivity contribution < 1.29 is 9.53 Å². The zero-order valence-corrected chi connectivity index (χ0v) is 19.6. The summed E-state index contributed by atoms with van der Waals surface area (Å²) in [5, 5.41) is 6.35. The number of hydrogen-bond acceptors (Lipinski definition) is 8. The van der Waals surface area contributed by atoms with Crippen molar-refractivity contribution >= 4 is 23.4 Å². The van der Waals surface area contributed by atoms with Crippen LogP contribution < -0.4 is 20.3 Å². The lowest BCUT2D eigenvalue weighted by Gasteiger charge is -2.38. The molecular weight excluding hydrogens is 430 g/mol. The van der Waals surface area contributed by atoms with Crippen molar-refractivity contribution in [3.8, 4) is 5.88 Å². The highest BCUT2D eigenvalue weighted by molar-refractivity contribution is 5.94. The monoisotopic (exact) mass is 463 g/mol. The van der Waals surface area contributed by atoms with E-state index in [9.17, 15) is 4.79 Å². The second-order valence-electron chi connectivity index (χ2n) is 9.97. The molecule has 2 aromatic heterocycles. The van der Waals surface area contributed by atoms with E-state index in [-0.39, 0.29) is 5.91 Å². The number of pyridine rings is 1. The van der Waals surface area contributed by atoms with Gasteiger partial charge in [-0.2, -0.15) is 4.98 Å². The van der Waals surface area contributed by atoms with Gasteiger partial charge in [0.2, 0.25) is 17.7 Å². The summed E-state index contributed by atoms with van der Waals surface area (Å²) in [6, 6.07) is 4.18. The Morgan fingerprint density at radius 1 is 1.12 bits per heavy atom. The maximum atomic E-state index is 13.0. The third-order valence-electron chi connectivity index (χ3n) is 7.80. The number of carbonyl (C=O) groups excluding carboxylic acids is 1. The summed E-state index contributed by atoms with van der Waals surface area (Å²) in [5.41, 5.74) is 1.38. The molecule has 1 atom stereocenters. The molecule has 1 aliphatic carbocycles. The van der Waals surface area contributed by atoms with Crippen LogP contribution in [0.4, 0.5) is 17.5 Å². The fourth-order valence-corrected chi connectivity index (χ4v) is 6.09. The number of carbonyl (C=O) groups is 1. The number of aromatic nitrogens is 3. The van der Waals surface area contributed by atoms with Crippen molar-refractivity contribution in [2.75, 3.05) is 43.0 Å². The fourth-order valence-electron chi connectivity index (χ4n) is 6.09. The van der Waals surface area contributed by atoms with Gasteiger partial charge in [-0.3, -0.25) is 9.69 Å². The van der Waals surface area contributed by atoms with Crippen molar-refractivity contribution in [1.82, 2.24) is 25.2 Å². The molecule has 6 rings (SSSR count). The summed E-state index contributed by atoms with van der Waals surface area (Å²) >= 11 is 0. The number of likely N-dealkylation sites (tertiary alicyclic amines) is 1. The molecule has 1 saturated carbocycles. The number of amides is 1. The molecule has 9 heteroatoms. The zero-order valence-electron chi connectivity index (χ0n) is 19.6. The third kappa shape index (κ3) is 3.96. The maximum absolute atomic E-state index is 13.0. The summed E-state index contributed by atoms with van der Waals surface area (Å²) < 4.78 is 5.81. The van der Waals surface area contributed by atoms with Crippen LogP contribution in [-0.2, 0) is 11.2 Å². The molecule has 3 aliphatic heterocycles. The van der Waals surface area contributed by atoms with Crippen LogP contribution in [0, 0.1) is 0 Å². The van der Waals surface area contributed by atoms with E-state index in [1.165, 1.54) is 38.8 Å². The first-order valence-electron chi connectivity index (χ1n) is 12.7. The molecule has 180 valence electrons. The quantitative estimate of drug-likeness (QED) is 0.647. The number of hydrogen-bond donors (Lipinski definition) is 2. The number of anilines is 3. The number of nitrogens with one attached hydrogen (secondary N) is 2. The normalized spacial score (nSPS) is 24.7. The van der Waals surface area contributed by atoms with Gasteiger partial charge in [-0.25, -0.2) is 9.97 Å². The van der Waals surface area contributed by atoms with Crippen LogP contribution in [0.15, 0.2) is 24.5 Å². The lowest BCUT2D eigenvalue weighted by Crippen LogP contribution is -2.56. The van der Waals surface area contributed by atoms with Gasteiger partial charge in [0.05, 0.1) is 11.9 Å². The van der Waals surface area contributed by atoms with Gasteiger partial charge >= 0.3 is 0 Å². The second-order valence-corrected chi connectivity index (χ2v) is 9.97. The van der Waals surface area contributed by atoms with Crippen LogP contribution in [0.3, 0.4) is 0 Å². The van der Waals surface area contributed by atoms with Crippen LogP contribution in [0.5, 0.6) is 5.88 Å². The molecule has 0 aromatic carbocycles. The third-order valence-corrected chi connectivity index (χ3v) is 7.80. The number of rotatable bonds is 7. The number of ether oxygens (including phenoxy) is 1. The molecule has 1 amide bonds. The van der Waals surface area contributed by atoms with Gasteiger partial charge < -0.3 is 20.3 Å².